The summed E-state index contributed by atoms with van der Waals surface area (Å²) in [5.41, 5.74) is 1.31. The van der Waals surface area contributed by atoms with Crippen LogP contribution in [-0.2, 0) is 0 Å². The van der Waals surface area contributed by atoms with E-state index < -0.39 is 0 Å². The van der Waals surface area contributed by atoms with Crippen LogP contribution in [0.2, 0.25) is 0 Å². The summed E-state index contributed by atoms with van der Waals surface area (Å²) in [5, 5.41) is 9.10. The fourth-order valence-electron chi connectivity index (χ4n) is 1.97. The first-order valence-corrected chi connectivity index (χ1v) is 5.75. The molecule has 0 aliphatic heterocycles. The first kappa shape index (κ1) is 9.26. The Balaban J connectivity index is 2.32. The molecule has 0 aromatic carbocycles. The molecule has 2 heteroatoms. The standard InChI is InChI=1S/C11H12IN/c1-8-2-3-9(12)6-10(8)11(7-13)4-5-11/h3,6,8H,2,4-5H2,1H3. The largest absolute Gasteiger partial charge is 0.197 e. The van der Waals surface area contributed by atoms with E-state index in [0.29, 0.717) is 5.92 Å². The summed E-state index contributed by atoms with van der Waals surface area (Å²) in [5.74, 6) is 0.570. The molecule has 2 aliphatic carbocycles. The van der Waals surface area contributed by atoms with E-state index in [1.165, 1.54) is 9.15 Å². The molecule has 0 spiro atoms. The average Bonchev–Trinajstić information content (AvgIpc) is 2.90. The van der Waals surface area contributed by atoms with Crippen LogP contribution in [0.25, 0.3) is 0 Å². The maximum absolute atomic E-state index is 9.10. The molecular formula is C11H12IN. The minimum absolute atomic E-state index is 0.0654. The lowest BCUT2D eigenvalue weighted by molar-refractivity contribution is 0.588. The SMILES string of the molecule is CC1CC=C(I)C=C1C1(C#N)CC1. The van der Waals surface area contributed by atoms with E-state index in [4.69, 9.17) is 5.26 Å². The molecule has 0 aromatic rings. The molecule has 1 unspecified atom stereocenters. The predicted molar refractivity (Wildman–Crippen MR) is 61.2 cm³/mol. The molecule has 0 bridgehead atoms. The van der Waals surface area contributed by atoms with Gasteiger partial charge >= 0.3 is 0 Å². The third kappa shape index (κ3) is 1.54. The zero-order valence-electron chi connectivity index (χ0n) is 7.68. The van der Waals surface area contributed by atoms with Gasteiger partial charge in [0.15, 0.2) is 0 Å². The van der Waals surface area contributed by atoms with Crippen LogP contribution >= 0.6 is 22.6 Å². The number of nitriles is 1. The fraction of sp³-hybridized carbons (Fsp3) is 0.545. The van der Waals surface area contributed by atoms with E-state index in [2.05, 4.69) is 47.7 Å². The second kappa shape index (κ2) is 3.13. The number of hydrogen-bond donors (Lipinski definition) is 0. The van der Waals surface area contributed by atoms with Crippen molar-refractivity contribution in [2.45, 2.75) is 26.2 Å². The number of hydrogen-bond acceptors (Lipinski definition) is 1. The molecule has 1 fully saturated rings. The molecule has 0 amide bonds. The second-order valence-corrected chi connectivity index (χ2v) is 5.26. The van der Waals surface area contributed by atoms with Crippen LogP contribution in [0, 0.1) is 22.7 Å². The minimum atomic E-state index is -0.0654. The molecule has 0 heterocycles. The highest BCUT2D eigenvalue weighted by atomic mass is 127. The topological polar surface area (TPSA) is 23.8 Å². The zero-order chi connectivity index (χ0) is 9.47. The maximum atomic E-state index is 9.10. The van der Waals surface area contributed by atoms with Crippen molar-refractivity contribution in [1.29, 1.82) is 5.26 Å². The molecule has 1 atom stereocenters. The van der Waals surface area contributed by atoms with Crippen LogP contribution in [-0.4, -0.2) is 0 Å². The smallest absolute Gasteiger partial charge is 0.0790 e. The van der Waals surface area contributed by atoms with E-state index in [0.717, 1.165) is 19.3 Å². The molecular weight excluding hydrogens is 273 g/mol. The highest BCUT2D eigenvalue weighted by Gasteiger charge is 2.48. The van der Waals surface area contributed by atoms with Crippen molar-refractivity contribution in [3.63, 3.8) is 0 Å². The molecule has 0 radical (unpaired) electrons. The molecule has 1 nitrogen and oxygen atoms in total. The lowest BCUT2D eigenvalue weighted by atomic mass is 9.83. The van der Waals surface area contributed by atoms with Gasteiger partial charge in [-0.05, 0) is 59.4 Å². The highest BCUT2D eigenvalue weighted by Crippen LogP contribution is 2.55. The fourth-order valence-corrected chi connectivity index (χ4v) is 2.56. The zero-order valence-corrected chi connectivity index (χ0v) is 9.84. The van der Waals surface area contributed by atoms with Crippen molar-refractivity contribution in [2.75, 3.05) is 0 Å². The third-order valence-electron chi connectivity index (χ3n) is 3.01. The van der Waals surface area contributed by atoms with Crippen molar-refractivity contribution in [1.82, 2.24) is 0 Å². The summed E-state index contributed by atoms with van der Waals surface area (Å²) in [7, 11) is 0. The summed E-state index contributed by atoms with van der Waals surface area (Å²) >= 11 is 2.34. The van der Waals surface area contributed by atoms with Crippen molar-refractivity contribution < 1.29 is 0 Å². The van der Waals surface area contributed by atoms with Gasteiger partial charge in [0.05, 0.1) is 11.5 Å². The molecule has 2 aliphatic rings. The molecule has 0 N–H and O–H groups in total. The van der Waals surface area contributed by atoms with E-state index in [1.807, 2.05) is 0 Å². The van der Waals surface area contributed by atoms with E-state index in [-0.39, 0.29) is 5.41 Å². The molecule has 0 saturated heterocycles. The van der Waals surface area contributed by atoms with Crippen LogP contribution in [0.3, 0.4) is 0 Å². The molecule has 1 saturated carbocycles. The summed E-state index contributed by atoms with van der Waals surface area (Å²) in [6.45, 7) is 2.23. The van der Waals surface area contributed by atoms with Crippen molar-refractivity contribution >= 4 is 22.6 Å². The number of nitrogens with zero attached hydrogens (tertiary/aromatic N) is 1. The van der Waals surface area contributed by atoms with Gasteiger partial charge in [0.25, 0.3) is 0 Å². The summed E-state index contributed by atoms with van der Waals surface area (Å²) in [6, 6.07) is 2.47. The van der Waals surface area contributed by atoms with Gasteiger partial charge in [-0.15, -0.1) is 0 Å². The van der Waals surface area contributed by atoms with Gasteiger partial charge < -0.3 is 0 Å². The quantitative estimate of drug-likeness (QED) is 0.676. The normalized spacial score (nSPS) is 30.1. The number of halogens is 1. The van der Waals surface area contributed by atoms with Crippen LogP contribution in [0.15, 0.2) is 21.3 Å². The van der Waals surface area contributed by atoms with Crippen molar-refractivity contribution in [3.8, 4) is 6.07 Å². The Labute approximate surface area is 92.7 Å². The Bertz CT molecular complexity index is 328. The van der Waals surface area contributed by atoms with E-state index in [9.17, 15) is 0 Å². The van der Waals surface area contributed by atoms with Gasteiger partial charge in [0, 0.05) is 3.58 Å². The molecule has 68 valence electrons. The van der Waals surface area contributed by atoms with Crippen LogP contribution in [0.1, 0.15) is 26.2 Å². The Kier molecular flexibility index (Phi) is 2.23. The summed E-state index contributed by atoms with van der Waals surface area (Å²) < 4.78 is 1.30. The average molecular weight is 285 g/mol. The summed E-state index contributed by atoms with van der Waals surface area (Å²) in [6.07, 6.45) is 7.72. The first-order valence-electron chi connectivity index (χ1n) is 4.67. The highest BCUT2D eigenvalue weighted by molar-refractivity contribution is 14.1. The minimum Gasteiger partial charge on any atom is -0.197 e. The van der Waals surface area contributed by atoms with Gasteiger partial charge in [-0.2, -0.15) is 5.26 Å². The van der Waals surface area contributed by atoms with Crippen LogP contribution in [0.5, 0.6) is 0 Å². The lowest BCUT2D eigenvalue weighted by Crippen LogP contribution is -2.12. The van der Waals surface area contributed by atoms with Gasteiger partial charge in [-0.1, -0.05) is 13.0 Å². The predicted octanol–water partition coefficient (Wildman–Crippen LogP) is 3.58. The first-order chi connectivity index (χ1) is 6.18. The Morgan fingerprint density at radius 3 is 2.85 bits per heavy atom. The molecule has 2 rings (SSSR count). The second-order valence-electron chi connectivity index (χ2n) is 4.02. The Morgan fingerprint density at radius 2 is 2.31 bits per heavy atom. The summed E-state index contributed by atoms with van der Waals surface area (Å²) in [4.78, 5) is 0. The Morgan fingerprint density at radius 1 is 1.62 bits per heavy atom. The van der Waals surface area contributed by atoms with E-state index in [1.54, 1.807) is 0 Å². The maximum Gasteiger partial charge on any atom is 0.0790 e. The van der Waals surface area contributed by atoms with Crippen molar-refractivity contribution in [3.05, 3.63) is 21.3 Å². The van der Waals surface area contributed by atoms with Gasteiger partial charge in [0.1, 0.15) is 0 Å². The lowest BCUT2D eigenvalue weighted by Gasteiger charge is -2.22. The van der Waals surface area contributed by atoms with Crippen LogP contribution < -0.4 is 0 Å². The van der Waals surface area contributed by atoms with Gasteiger partial charge in [0.2, 0.25) is 0 Å². The van der Waals surface area contributed by atoms with Gasteiger partial charge in [-0.3, -0.25) is 0 Å². The Hall–Kier alpha value is -0.300. The third-order valence-corrected chi connectivity index (χ3v) is 3.76. The van der Waals surface area contributed by atoms with E-state index >= 15 is 0 Å². The number of rotatable bonds is 1. The molecule has 0 aromatic heterocycles. The van der Waals surface area contributed by atoms with Crippen molar-refractivity contribution in [2.24, 2.45) is 11.3 Å². The van der Waals surface area contributed by atoms with Crippen LogP contribution in [0.4, 0.5) is 0 Å². The molecule has 13 heavy (non-hydrogen) atoms. The van der Waals surface area contributed by atoms with Gasteiger partial charge in [-0.25, -0.2) is 0 Å². The monoisotopic (exact) mass is 285 g/mol. The number of allylic oxidation sites excluding steroid dienone is 4.